The molecule has 0 aliphatic heterocycles. The van der Waals surface area contributed by atoms with Crippen LogP contribution >= 0.6 is 0 Å². The number of hydrogen-bond acceptors (Lipinski definition) is 4. The Morgan fingerprint density at radius 3 is 2.28 bits per heavy atom. The van der Waals surface area contributed by atoms with Crippen LogP contribution < -0.4 is 15.8 Å². The van der Waals surface area contributed by atoms with Gasteiger partial charge in [-0.15, -0.1) is 0 Å². The first-order valence-corrected chi connectivity index (χ1v) is 8.47. The average Bonchev–Trinajstić information content (AvgIpc) is 2.66. The zero-order valence-electron chi connectivity index (χ0n) is 14.8. The Bertz CT molecular complexity index is 640. The van der Waals surface area contributed by atoms with Gasteiger partial charge in [0.05, 0.1) is 25.2 Å². The second-order valence-corrected chi connectivity index (χ2v) is 5.71. The van der Waals surface area contributed by atoms with Gasteiger partial charge in [0.2, 0.25) is 5.91 Å². The Labute approximate surface area is 149 Å². The van der Waals surface area contributed by atoms with Gasteiger partial charge in [-0.05, 0) is 30.2 Å². The van der Waals surface area contributed by atoms with E-state index in [0.717, 1.165) is 16.9 Å². The number of nitrogens with one attached hydrogen (secondary N) is 1. The third-order valence-electron chi connectivity index (χ3n) is 3.97. The van der Waals surface area contributed by atoms with Gasteiger partial charge in [-0.2, -0.15) is 0 Å². The van der Waals surface area contributed by atoms with E-state index in [9.17, 15) is 4.79 Å². The third-order valence-corrected chi connectivity index (χ3v) is 3.97. The topological polar surface area (TPSA) is 73.6 Å². The number of nitrogens with two attached hydrogens (primary N) is 1. The second kappa shape index (κ2) is 9.81. The molecule has 5 nitrogen and oxygen atoms in total. The monoisotopic (exact) mass is 342 g/mol. The summed E-state index contributed by atoms with van der Waals surface area (Å²) < 4.78 is 10.7. The van der Waals surface area contributed by atoms with Crippen LogP contribution in [0.4, 0.5) is 0 Å². The van der Waals surface area contributed by atoms with E-state index in [0.29, 0.717) is 13.2 Å². The molecule has 0 aliphatic carbocycles. The van der Waals surface area contributed by atoms with Crippen LogP contribution in [0.2, 0.25) is 0 Å². The lowest BCUT2D eigenvalue weighted by atomic mass is 9.98. The molecule has 2 unspecified atom stereocenters. The quantitative estimate of drug-likeness (QED) is 0.735. The summed E-state index contributed by atoms with van der Waals surface area (Å²) in [5, 5.41) is 3.08. The maximum absolute atomic E-state index is 12.4. The minimum atomic E-state index is -0.281. The van der Waals surface area contributed by atoms with Gasteiger partial charge >= 0.3 is 0 Å². The SMILES string of the molecule is CCOc1ccc(C(NC(=O)CC(CN)OC)c2ccccc2)cc1. The number of hydrogen-bond donors (Lipinski definition) is 2. The average molecular weight is 342 g/mol. The molecular weight excluding hydrogens is 316 g/mol. The predicted octanol–water partition coefficient (Wildman–Crippen LogP) is 2.65. The highest BCUT2D eigenvalue weighted by Gasteiger charge is 2.19. The van der Waals surface area contributed by atoms with Crippen molar-refractivity contribution in [3.63, 3.8) is 0 Å². The summed E-state index contributed by atoms with van der Waals surface area (Å²) in [6, 6.07) is 17.4. The summed E-state index contributed by atoms with van der Waals surface area (Å²) in [6.07, 6.45) is -0.0513. The van der Waals surface area contributed by atoms with Crippen LogP contribution in [0.3, 0.4) is 0 Å². The minimum Gasteiger partial charge on any atom is -0.494 e. The van der Waals surface area contributed by atoms with E-state index in [-0.39, 0.29) is 24.5 Å². The molecule has 1 amide bonds. The maximum atomic E-state index is 12.4. The van der Waals surface area contributed by atoms with E-state index in [2.05, 4.69) is 5.32 Å². The van der Waals surface area contributed by atoms with Gasteiger partial charge in [-0.1, -0.05) is 42.5 Å². The number of amides is 1. The standard InChI is InChI=1S/C20H26N2O3/c1-3-25-17-11-9-16(10-12-17)20(15-7-5-4-6-8-15)22-19(23)13-18(14-21)24-2/h4-12,18,20H,3,13-14,21H2,1-2H3,(H,22,23). The van der Waals surface area contributed by atoms with Gasteiger partial charge in [-0.3, -0.25) is 4.79 Å². The maximum Gasteiger partial charge on any atom is 0.223 e. The van der Waals surface area contributed by atoms with E-state index in [1.807, 2.05) is 61.5 Å². The van der Waals surface area contributed by atoms with Crippen LogP contribution in [0, 0.1) is 0 Å². The molecule has 0 heterocycles. The number of ether oxygens (including phenoxy) is 2. The van der Waals surface area contributed by atoms with Crippen molar-refractivity contribution < 1.29 is 14.3 Å². The lowest BCUT2D eigenvalue weighted by Gasteiger charge is -2.21. The molecule has 25 heavy (non-hydrogen) atoms. The van der Waals surface area contributed by atoms with Crippen LogP contribution in [0.5, 0.6) is 5.75 Å². The number of methoxy groups -OCH3 is 1. The van der Waals surface area contributed by atoms with Crippen molar-refractivity contribution in [2.24, 2.45) is 5.73 Å². The molecule has 5 heteroatoms. The molecule has 134 valence electrons. The normalized spacial score (nSPS) is 13.1. The van der Waals surface area contributed by atoms with Crippen molar-refractivity contribution in [2.75, 3.05) is 20.3 Å². The van der Waals surface area contributed by atoms with E-state index in [4.69, 9.17) is 15.2 Å². The smallest absolute Gasteiger partial charge is 0.223 e. The van der Waals surface area contributed by atoms with Crippen LogP contribution in [-0.4, -0.2) is 32.3 Å². The highest BCUT2D eigenvalue weighted by atomic mass is 16.5. The van der Waals surface area contributed by atoms with Crippen molar-refractivity contribution in [2.45, 2.75) is 25.5 Å². The molecule has 0 radical (unpaired) electrons. The van der Waals surface area contributed by atoms with Crippen molar-refractivity contribution in [1.82, 2.24) is 5.32 Å². The molecule has 0 aromatic heterocycles. The Balaban J connectivity index is 2.20. The van der Waals surface area contributed by atoms with Crippen LogP contribution in [0.25, 0.3) is 0 Å². The Kier molecular flexibility index (Phi) is 7.44. The zero-order chi connectivity index (χ0) is 18.1. The number of rotatable bonds is 9. The van der Waals surface area contributed by atoms with Crippen molar-refractivity contribution in [1.29, 1.82) is 0 Å². The predicted molar refractivity (Wildman–Crippen MR) is 98.5 cm³/mol. The van der Waals surface area contributed by atoms with Gasteiger partial charge in [0.15, 0.2) is 0 Å². The summed E-state index contributed by atoms with van der Waals surface area (Å²) in [6.45, 7) is 2.88. The molecule has 0 saturated heterocycles. The molecular formula is C20H26N2O3. The molecule has 2 aromatic rings. The summed E-state index contributed by atoms with van der Waals surface area (Å²) in [7, 11) is 1.56. The Morgan fingerprint density at radius 2 is 1.72 bits per heavy atom. The summed E-state index contributed by atoms with van der Waals surface area (Å²) in [5.41, 5.74) is 7.62. The summed E-state index contributed by atoms with van der Waals surface area (Å²) in [5.74, 6) is 0.715. The molecule has 2 aromatic carbocycles. The lowest BCUT2D eigenvalue weighted by molar-refractivity contribution is -0.123. The fourth-order valence-corrected chi connectivity index (χ4v) is 2.62. The van der Waals surface area contributed by atoms with Crippen LogP contribution in [-0.2, 0) is 9.53 Å². The van der Waals surface area contributed by atoms with E-state index in [1.165, 1.54) is 0 Å². The largest absolute Gasteiger partial charge is 0.494 e. The second-order valence-electron chi connectivity index (χ2n) is 5.71. The number of benzene rings is 2. The lowest BCUT2D eigenvalue weighted by Crippen LogP contribution is -2.34. The number of carbonyl (C=O) groups is 1. The van der Waals surface area contributed by atoms with Crippen LogP contribution in [0.15, 0.2) is 54.6 Å². The van der Waals surface area contributed by atoms with E-state index >= 15 is 0 Å². The van der Waals surface area contributed by atoms with E-state index in [1.54, 1.807) is 7.11 Å². The highest BCUT2D eigenvalue weighted by Crippen LogP contribution is 2.24. The van der Waals surface area contributed by atoms with Crippen molar-refractivity contribution >= 4 is 5.91 Å². The molecule has 2 atom stereocenters. The Hall–Kier alpha value is -2.37. The van der Waals surface area contributed by atoms with Crippen molar-refractivity contribution in [3.05, 3.63) is 65.7 Å². The van der Waals surface area contributed by atoms with Gasteiger partial charge < -0.3 is 20.5 Å². The van der Waals surface area contributed by atoms with Crippen molar-refractivity contribution in [3.8, 4) is 5.75 Å². The molecule has 0 aliphatic rings. The molecule has 0 saturated carbocycles. The van der Waals surface area contributed by atoms with Gasteiger partial charge in [0.1, 0.15) is 5.75 Å². The zero-order valence-corrected chi connectivity index (χ0v) is 14.8. The molecule has 0 fully saturated rings. The highest BCUT2D eigenvalue weighted by molar-refractivity contribution is 5.77. The third kappa shape index (κ3) is 5.59. The first-order valence-electron chi connectivity index (χ1n) is 8.47. The molecule has 0 spiro atoms. The summed E-state index contributed by atoms with van der Waals surface area (Å²) in [4.78, 5) is 12.4. The Morgan fingerprint density at radius 1 is 1.08 bits per heavy atom. The fourth-order valence-electron chi connectivity index (χ4n) is 2.62. The van der Waals surface area contributed by atoms with Crippen LogP contribution in [0.1, 0.15) is 30.5 Å². The first kappa shape index (κ1) is 19.0. The first-order chi connectivity index (χ1) is 12.2. The molecule has 3 N–H and O–H groups in total. The number of carbonyl (C=O) groups excluding carboxylic acids is 1. The van der Waals surface area contributed by atoms with Gasteiger partial charge in [-0.25, -0.2) is 0 Å². The van der Waals surface area contributed by atoms with E-state index < -0.39 is 0 Å². The van der Waals surface area contributed by atoms with Gasteiger partial charge in [0, 0.05) is 13.7 Å². The minimum absolute atomic E-state index is 0.0972. The molecule has 0 bridgehead atoms. The van der Waals surface area contributed by atoms with Gasteiger partial charge in [0.25, 0.3) is 0 Å². The molecule has 2 rings (SSSR count). The fraction of sp³-hybridized carbons (Fsp3) is 0.350. The summed E-state index contributed by atoms with van der Waals surface area (Å²) >= 11 is 0.